The lowest BCUT2D eigenvalue weighted by Crippen LogP contribution is -2.15. The zero-order chi connectivity index (χ0) is 8.97. The predicted molar refractivity (Wildman–Crippen MR) is 50.2 cm³/mol. The molecule has 12 heavy (non-hydrogen) atoms. The van der Waals surface area contributed by atoms with E-state index in [4.69, 9.17) is 10.2 Å². The number of rotatable bonds is 4. The molecule has 0 aliphatic rings. The molecule has 0 aromatic carbocycles. The van der Waals surface area contributed by atoms with E-state index in [0.717, 1.165) is 17.3 Å². The van der Waals surface area contributed by atoms with Crippen molar-refractivity contribution in [2.24, 2.45) is 5.73 Å². The Balaban J connectivity index is 2.50. The number of nitrogens with zero attached hydrogens (tertiary/aromatic N) is 1. The van der Waals surface area contributed by atoms with Crippen LogP contribution in [0.1, 0.15) is 19.0 Å². The van der Waals surface area contributed by atoms with Gasteiger partial charge in [-0.15, -0.1) is 0 Å². The summed E-state index contributed by atoms with van der Waals surface area (Å²) in [6.45, 7) is 4.69. The Labute approximate surface area is 76.7 Å². The van der Waals surface area contributed by atoms with Gasteiger partial charge in [-0.3, -0.25) is 0 Å². The van der Waals surface area contributed by atoms with Gasteiger partial charge in [-0.05, 0) is 13.3 Å². The van der Waals surface area contributed by atoms with Crippen LogP contribution in [0.3, 0.4) is 0 Å². The Kier molecular flexibility index (Phi) is 3.62. The topological polar surface area (TPSA) is 52.0 Å². The molecular formula is C8H14N2OS. The molecule has 0 spiro atoms. The van der Waals surface area contributed by atoms with E-state index in [1.165, 1.54) is 0 Å². The second-order valence-electron chi connectivity index (χ2n) is 2.64. The highest BCUT2D eigenvalue weighted by Gasteiger charge is 2.09. The summed E-state index contributed by atoms with van der Waals surface area (Å²) in [6.07, 6.45) is 2.70. The van der Waals surface area contributed by atoms with E-state index < -0.39 is 0 Å². The SMILES string of the molecule is CCC(CN)Sc1nc(C)co1. The predicted octanol–water partition coefficient (Wildman–Crippen LogP) is 1.81. The highest BCUT2D eigenvalue weighted by Crippen LogP contribution is 2.23. The number of aromatic nitrogens is 1. The first-order chi connectivity index (χ1) is 5.76. The zero-order valence-corrected chi connectivity index (χ0v) is 8.23. The molecule has 1 unspecified atom stereocenters. The molecule has 4 heteroatoms. The van der Waals surface area contributed by atoms with Gasteiger partial charge >= 0.3 is 0 Å². The van der Waals surface area contributed by atoms with Crippen molar-refractivity contribution in [3.8, 4) is 0 Å². The summed E-state index contributed by atoms with van der Waals surface area (Å²) in [6, 6.07) is 0. The van der Waals surface area contributed by atoms with Crippen molar-refractivity contribution < 1.29 is 4.42 Å². The molecule has 0 fully saturated rings. The molecule has 0 saturated carbocycles. The third-order valence-corrected chi connectivity index (χ3v) is 2.83. The highest BCUT2D eigenvalue weighted by atomic mass is 32.2. The maximum absolute atomic E-state index is 5.55. The highest BCUT2D eigenvalue weighted by molar-refractivity contribution is 7.99. The molecule has 3 nitrogen and oxygen atoms in total. The normalized spacial score (nSPS) is 13.2. The maximum Gasteiger partial charge on any atom is 0.256 e. The van der Waals surface area contributed by atoms with E-state index in [1.807, 2.05) is 6.92 Å². The van der Waals surface area contributed by atoms with E-state index in [0.29, 0.717) is 11.8 Å². The minimum Gasteiger partial charge on any atom is -0.440 e. The Morgan fingerprint density at radius 2 is 2.50 bits per heavy atom. The fourth-order valence-electron chi connectivity index (χ4n) is 0.827. The largest absolute Gasteiger partial charge is 0.440 e. The van der Waals surface area contributed by atoms with Crippen molar-refractivity contribution in [1.82, 2.24) is 4.98 Å². The number of nitrogens with two attached hydrogens (primary N) is 1. The smallest absolute Gasteiger partial charge is 0.256 e. The van der Waals surface area contributed by atoms with Crippen LogP contribution in [0.25, 0.3) is 0 Å². The summed E-state index contributed by atoms with van der Waals surface area (Å²) >= 11 is 1.61. The molecule has 0 aliphatic carbocycles. The van der Waals surface area contributed by atoms with Gasteiger partial charge in [0.15, 0.2) is 0 Å². The Hall–Kier alpha value is -0.480. The van der Waals surface area contributed by atoms with Crippen LogP contribution in [0.4, 0.5) is 0 Å². The van der Waals surface area contributed by atoms with Crippen LogP contribution in [0.5, 0.6) is 0 Å². The Morgan fingerprint density at radius 3 is 2.92 bits per heavy atom. The van der Waals surface area contributed by atoms with Crippen molar-refractivity contribution in [3.05, 3.63) is 12.0 Å². The molecule has 1 atom stereocenters. The summed E-state index contributed by atoms with van der Waals surface area (Å²) in [5, 5.41) is 1.15. The molecule has 1 rings (SSSR count). The molecule has 1 aromatic rings. The van der Waals surface area contributed by atoms with E-state index in [-0.39, 0.29) is 0 Å². The summed E-state index contributed by atoms with van der Waals surface area (Å²) in [4.78, 5) is 4.19. The third-order valence-electron chi connectivity index (χ3n) is 1.58. The van der Waals surface area contributed by atoms with E-state index in [9.17, 15) is 0 Å². The lowest BCUT2D eigenvalue weighted by Gasteiger charge is -2.07. The second kappa shape index (κ2) is 4.52. The van der Waals surface area contributed by atoms with Gasteiger partial charge in [-0.1, -0.05) is 18.7 Å². The fourth-order valence-corrected chi connectivity index (χ4v) is 1.68. The molecule has 0 amide bonds. The molecule has 0 aliphatic heterocycles. The summed E-state index contributed by atoms with van der Waals surface area (Å²) < 4.78 is 5.19. The van der Waals surface area contributed by atoms with Gasteiger partial charge in [0.1, 0.15) is 6.26 Å². The van der Waals surface area contributed by atoms with Gasteiger partial charge in [0.2, 0.25) is 0 Å². The fraction of sp³-hybridized carbons (Fsp3) is 0.625. The lowest BCUT2D eigenvalue weighted by atomic mass is 10.3. The number of aryl methyl sites for hydroxylation is 1. The Bertz CT molecular complexity index is 233. The van der Waals surface area contributed by atoms with Crippen molar-refractivity contribution in [1.29, 1.82) is 0 Å². The average molecular weight is 186 g/mol. The van der Waals surface area contributed by atoms with E-state index >= 15 is 0 Å². The molecule has 0 radical (unpaired) electrons. The first-order valence-corrected chi connectivity index (χ1v) is 4.93. The minimum atomic E-state index is 0.419. The summed E-state index contributed by atoms with van der Waals surface area (Å²) in [5.41, 5.74) is 6.47. The van der Waals surface area contributed by atoms with Gasteiger partial charge < -0.3 is 10.2 Å². The van der Waals surface area contributed by atoms with Crippen molar-refractivity contribution in [2.75, 3.05) is 6.54 Å². The van der Waals surface area contributed by atoms with Gasteiger partial charge in [0.05, 0.1) is 5.69 Å². The van der Waals surface area contributed by atoms with Crippen molar-refractivity contribution in [3.63, 3.8) is 0 Å². The average Bonchev–Trinajstić information content (AvgIpc) is 2.47. The monoisotopic (exact) mass is 186 g/mol. The third kappa shape index (κ3) is 2.53. The maximum atomic E-state index is 5.55. The van der Waals surface area contributed by atoms with Gasteiger partial charge in [-0.2, -0.15) is 0 Å². The van der Waals surface area contributed by atoms with E-state index in [1.54, 1.807) is 18.0 Å². The second-order valence-corrected chi connectivity index (χ2v) is 3.89. The zero-order valence-electron chi connectivity index (χ0n) is 7.41. The minimum absolute atomic E-state index is 0.419. The van der Waals surface area contributed by atoms with Gasteiger partial charge in [-0.25, -0.2) is 4.98 Å². The number of thioether (sulfide) groups is 1. The molecule has 0 bridgehead atoms. The van der Waals surface area contributed by atoms with Crippen molar-refractivity contribution in [2.45, 2.75) is 30.7 Å². The molecule has 1 aromatic heterocycles. The van der Waals surface area contributed by atoms with Crippen LogP contribution in [0.15, 0.2) is 15.9 Å². The number of hydrogen-bond acceptors (Lipinski definition) is 4. The Morgan fingerprint density at radius 1 is 1.75 bits per heavy atom. The van der Waals surface area contributed by atoms with Crippen LogP contribution in [0.2, 0.25) is 0 Å². The first-order valence-electron chi connectivity index (χ1n) is 4.05. The molecular weight excluding hydrogens is 172 g/mol. The molecule has 1 heterocycles. The van der Waals surface area contributed by atoms with Crippen molar-refractivity contribution >= 4 is 11.8 Å². The molecule has 68 valence electrons. The standard InChI is InChI=1S/C8H14N2OS/c1-3-7(4-9)12-8-10-6(2)5-11-8/h5,7H,3-4,9H2,1-2H3. The molecule has 0 saturated heterocycles. The quantitative estimate of drug-likeness (QED) is 0.729. The van der Waals surface area contributed by atoms with Crippen LogP contribution in [0, 0.1) is 6.92 Å². The van der Waals surface area contributed by atoms with Crippen LogP contribution < -0.4 is 5.73 Å². The number of hydrogen-bond donors (Lipinski definition) is 1. The van der Waals surface area contributed by atoms with Crippen LogP contribution in [-0.4, -0.2) is 16.8 Å². The van der Waals surface area contributed by atoms with Gasteiger partial charge in [0.25, 0.3) is 5.22 Å². The first kappa shape index (κ1) is 9.61. The number of oxazole rings is 1. The summed E-state index contributed by atoms with van der Waals surface area (Å²) in [5.74, 6) is 0. The van der Waals surface area contributed by atoms with Crippen LogP contribution >= 0.6 is 11.8 Å². The van der Waals surface area contributed by atoms with E-state index in [2.05, 4.69) is 11.9 Å². The molecule has 2 N–H and O–H groups in total. The van der Waals surface area contributed by atoms with Crippen LogP contribution in [-0.2, 0) is 0 Å². The van der Waals surface area contributed by atoms with Gasteiger partial charge in [0, 0.05) is 11.8 Å². The summed E-state index contributed by atoms with van der Waals surface area (Å²) in [7, 11) is 0. The lowest BCUT2D eigenvalue weighted by molar-refractivity contribution is 0.452.